The molecule has 0 saturated carbocycles. The maximum Gasteiger partial charge on any atom is 0.271 e. The molecule has 0 heterocycles. The number of carbonyl (C=O) groups is 1. The SMILES string of the molecule is COCCNC(=O)C(C)Nc1cccc([N+](=O)[O-])c1. The molecule has 0 aromatic heterocycles. The van der Waals surface area contributed by atoms with Crippen LogP contribution in [0, 0.1) is 10.1 Å². The maximum absolute atomic E-state index is 11.7. The summed E-state index contributed by atoms with van der Waals surface area (Å²) in [6.07, 6.45) is 0. The Morgan fingerprint density at radius 1 is 1.53 bits per heavy atom. The van der Waals surface area contributed by atoms with E-state index in [9.17, 15) is 14.9 Å². The zero-order valence-corrected chi connectivity index (χ0v) is 10.9. The van der Waals surface area contributed by atoms with Crippen LogP contribution in [-0.4, -0.2) is 37.1 Å². The van der Waals surface area contributed by atoms with Crippen LogP contribution in [0.15, 0.2) is 24.3 Å². The number of rotatable bonds is 7. The third-order valence-electron chi connectivity index (χ3n) is 2.44. The number of amides is 1. The van der Waals surface area contributed by atoms with Crippen LogP contribution in [0.5, 0.6) is 0 Å². The molecule has 1 amide bonds. The van der Waals surface area contributed by atoms with Gasteiger partial charge in [-0.15, -0.1) is 0 Å². The highest BCUT2D eigenvalue weighted by Crippen LogP contribution is 2.17. The van der Waals surface area contributed by atoms with E-state index in [2.05, 4.69) is 10.6 Å². The molecule has 7 nitrogen and oxygen atoms in total. The molecule has 0 aliphatic heterocycles. The van der Waals surface area contributed by atoms with Gasteiger partial charge >= 0.3 is 0 Å². The third-order valence-corrected chi connectivity index (χ3v) is 2.44. The van der Waals surface area contributed by atoms with E-state index in [1.807, 2.05) is 0 Å². The number of hydrogen-bond donors (Lipinski definition) is 2. The largest absolute Gasteiger partial charge is 0.383 e. The highest BCUT2D eigenvalue weighted by atomic mass is 16.6. The Kier molecular flexibility index (Phi) is 5.74. The summed E-state index contributed by atoms with van der Waals surface area (Å²) in [4.78, 5) is 21.8. The van der Waals surface area contributed by atoms with Gasteiger partial charge in [-0.25, -0.2) is 0 Å². The Hall–Kier alpha value is -2.15. The molecule has 2 N–H and O–H groups in total. The van der Waals surface area contributed by atoms with Crippen molar-refractivity contribution in [2.75, 3.05) is 25.6 Å². The number of hydrogen-bond acceptors (Lipinski definition) is 5. The molecule has 1 rings (SSSR count). The second kappa shape index (κ2) is 7.32. The molecule has 104 valence electrons. The minimum Gasteiger partial charge on any atom is -0.383 e. The highest BCUT2D eigenvalue weighted by Gasteiger charge is 2.13. The Morgan fingerprint density at radius 2 is 2.26 bits per heavy atom. The van der Waals surface area contributed by atoms with Gasteiger partial charge in [0.2, 0.25) is 5.91 Å². The van der Waals surface area contributed by atoms with Gasteiger partial charge in [0.1, 0.15) is 6.04 Å². The summed E-state index contributed by atoms with van der Waals surface area (Å²) in [6.45, 7) is 2.55. The topological polar surface area (TPSA) is 93.5 Å². The number of carbonyl (C=O) groups excluding carboxylic acids is 1. The van der Waals surface area contributed by atoms with Gasteiger partial charge in [-0.1, -0.05) is 6.07 Å². The summed E-state index contributed by atoms with van der Waals surface area (Å²) in [6, 6.07) is 5.54. The van der Waals surface area contributed by atoms with Crippen molar-refractivity contribution >= 4 is 17.3 Å². The third kappa shape index (κ3) is 4.92. The summed E-state index contributed by atoms with van der Waals surface area (Å²) >= 11 is 0. The van der Waals surface area contributed by atoms with E-state index in [4.69, 9.17) is 4.74 Å². The molecule has 0 radical (unpaired) electrons. The van der Waals surface area contributed by atoms with Gasteiger partial charge in [0.05, 0.1) is 11.5 Å². The number of benzene rings is 1. The Labute approximate surface area is 111 Å². The quantitative estimate of drug-likeness (QED) is 0.439. The van der Waals surface area contributed by atoms with Crippen molar-refractivity contribution in [3.8, 4) is 0 Å². The zero-order chi connectivity index (χ0) is 14.3. The molecule has 1 atom stereocenters. The standard InChI is InChI=1S/C12H17N3O4/c1-9(12(16)13-6-7-19-2)14-10-4-3-5-11(8-10)15(17)18/h3-5,8-9,14H,6-7H2,1-2H3,(H,13,16). The van der Waals surface area contributed by atoms with Gasteiger partial charge in [-0.2, -0.15) is 0 Å². The lowest BCUT2D eigenvalue weighted by Crippen LogP contribution is -2.39. The van der Waals surface area contributed by atoms with Crippen LogP contribution >= 0.6 is 0 Å². The lowest BCUT2D eigenvalue weighted by molar-refractivity contribution is -0.384. The predicted molar refractivity (Wildman–Crippen MR) is 71.1 cm³/mol. The van der Waals surface area contributed by atoms with Crippen molar-refractivity contribution in [2.45, 2.75) is 13.0 Å². The minimum absolute atomic E-state index is 0.0167. The van der Waals surface area contributed by atoms with Gasteiger partial charge in [0.15, 0.2) is 0 Å². The molecule has 0 fully saturated rings. The first kappa shape index (κ1) is 14.9. The predicted octanol–water partition coefficient (Wildman–Crippen LogP) is 1.16. The normalized spacial score (nSPS) is 11.7. The number of ether oxygens (including phenoxy) is 1. The second-order valence-electron chi connectivity index (χ2n) is 3.96. The van der Waals surface area contributed by atoms with Crippen LogP contribution in [0.1, 0.15) is 6.92 Å². The lowest BCUT2D eigenvalue weighted by atomic mass is 10.2. The summed E-state index contributed by atoms with van der Waals surface area (Å²) in [5, 5.41) is 16.2. The van der Waals surface area contributed by atoms with E-state index < -0.39 is 11.0 Å². The van der Waals surface area contributed by atoms with Crippen molar-refractivity contribution in [3.05, 3.63) is 34.4 Å². The minimum atomic E-state index is -0.487. The number of nitrogens with zero attached hydrogens (tertiary/aromatic N) is 1. The number of anilines is 1. The van der Waals surface area contributed by atoms with Crippen LogP contribution < -0.4 is 10.6 Å². The van der Waals surface area contributed by atoms with Crippen molar-refractivity contribution in [1.29, 1.82) is 0 Å². The molecule has 19 heavy (non-hydrogen) atoms. The first-order valence-electron chi connectivity index (χ1n) is 5.82. The number of methoxy groups -OCH3 is 1. The molecule has 0 saturated heterocycles. The Morgan fingerprint density at radius 3 is 2.89 bits per heavy atom. The smallest absolute Gasteiger partial charge is 0.271 e. The average molecular weight is 267 g/mol. The van der Waals surface area contributed by atoms with Crippen LogP contribution in [0.4, 0.5) is 11.4 Å². The average Bonchev–Trinajstić information content (AvgIpc) is 2.39. The second-order valence-corrected chi connectivity index (χ2v) is 3.96. The first-order valence-corrected chi connectivity index (χ1v) is 5.82. The summed E-state index contributed by atoms with van der Waals surface area (Å²) in [5.41, 5.74) is 0.514. The summed E-state index contributed by atoms with van der Waals surface area (Å²) in [7, 11) is 1.55. The van der Waals surface area contributed by atoms with E-state index in [1.165, 1.54) is 12.1 Å². The van der Waals surface area contributed by atoms with Gasteiger partial charge in [-0.3, -0.25) is 14.9 Å². The van der Waals surface area contributed by atoms with E-state index >= 15 is 0 Å². The van der Waals surface area contributed by atoms with E-state index in [-0.39, 0.29) is 11.6 Å². The van der Waals surface area contributed by atoms with Gasteiger partial charge < -0.3 is 15.4 Å². The van der Waals surface area contributed by atoms with Gasteiger partial charge in [0, 0.05) is 31.5 Å². The van der Waals surface area contributed by atoms with Crippen molar-refractivity contribution in [2.24, 2.45) is 0 Å². The van der Waals surface area contributed by atoms with Crippen LogP contribution in [-0.2, 0) is 9.53 Å². The molecule has 1 unspecified atom stereocenters. The van der Waals surface area contributed by atoms with E-state index in [0.717, 1.165) is 0 Å². The van der Waals surface area contributed by atoms with Crippen molar-refractivity contribution in [3.63, 3.8) is 0 Å². The molecule has 0 aliphatic carbocycles. The van der Waals surface area contributed by atoms with Crippen LogP contribution in [0.2, 0.25) is 0 Å². The Balaban J connectivity index is 2.56. The number of nitro groups is 1. The zero-order valence-electron chi connectivity index (χ0n) is 10.9. The van der Waals surface area contributed by atoms with E-state index in [0.29, 0.717) is 18.8 Å². The molecular weight excluding hydrogens is 250 g/mol. The molecule has 0 spiro atoms. The molecular formula is C12H17N3O4. The molecule has 0 bridgehead atoms. The summed E-state index contributed by atoms with van der Waals surface area (Å²) < 4.78 is 4.82. The fourth-order valence-corrected chi connectivity index (χ4v) is 1.45. The molecule has 1 aromatic carbocycles. The maximum atomic E-state index is 11.7. The van der Waals surface area contributed by atoms with Crippen LogP contribution in [0.25, 0.3) is 0 Å². The number of nitrogens with one attached hydrogen (secondary N) is 2. The number of non-ortho nitro benzene ring substituents is 1. The molecule has 7 heteroatoms. The molecule has 1 aromatic rings. The fraction of sp³-hybridized carbons (Fsp3) is 0.417. The molecule has 0 aliphatic rings. The highest BCUT2D eigenvalue weighted by molar-refractivity contribution is 5.84. The lowest BCUT2D eigenvalue weighted by Gasteiger charge is -2.14. The monoisotopic (exact) mass is 267 g/mol. The van der Waals surface area contributed by atoms with E-state index in [1.54, 1.807) is 26.2 Å². The van der Waals surface area contributed by atoms with Crippen molar-refractivity contribution < 1.29 is 14.5 Å². The Bertz CT molecular complexity index is 450. The number of nitro benzene ring substituents is 1. The fourth-order valence-electron chi connectivity index (χ4n) is 1.45. The summed E-state index contributed by atoms with van der Waals surface area (Å²) in [5.74, 6) is -0.191. The van der Waals surface area contributed by atoms with Crippen LogP contribution in [0.3, 0.4) is 0 Å². The first-order chi connectivity index (χ1) is 9.04. The van der Waals surface area contributed by atoms with Crippen molar-refractivity contribution in [1.82, 2.24) is 5.32 Å². The van der Waals surface area contributed by atoms with Gasteiger partial charge in [0.25, 0.3) is 5.69 Å². The van der Waals surface area contributed by atoms with Gasteiger partial charge in [-0.05, 0) is 13.0 Å².